The Morgan fingerprint density at radius 1 is 1.00 bits per heavy atom. The first-order chi connectivity index (χ1) is 10.8. The quantitative estimate of drug-likeness (QED) is 0.700. The van der Waals surface area contributed by atoms with Crippen LogP contribution in [-0.2, 0) is 18.9 Å². The molecule has 4 nitrogen and oxygen atoms in total. The van der Waals surface area contributed by atoms with Crippen molar-refractivity contribution in [2.45, 2.75) is 51.1 Å². The van der Waals surface area contributed by atoms with Gasteiger partial charge in [-0.15, -0.1) is 0 Å². The molecule has 2 aliphatic rings. The summed E-state index contributed by atoms with van der Waals surface area (Å²) in [5, 5.41) is 0. The summed E-state index contributed by atoms with van der Waals surface area (Å²) in [5.74, 6) is -5.66. The highest BCUT2D eigenvalue weighted by Crippen LogP contribution is 2.35. The highest BCUT2D eigenvalue weighted by Gasteiger charge is 2.51. The van der Waals surface area contributed by atoms with Gasteiger partial charge >= 0.3 is 0 Å². The SMILES string of the molecule is C=C(F)F.CC(F)(F)C1(C)OCCO1.CC1(CC(F)F)OCCO1. The van der Waals surface area contributed by atoms with Crippen molar-refractivity contribution in [3.63, 3.8) is 0 Å². The van der Waals surface area contributed by atoms with Crippen LogP contribution in [0.1, 0.15) is 27.2 Å². The predicted octanol–water partition coefficient (Wildman–Crippen LogP) is 4.21. The van der Waals surface area contributed by atoms with Gasteiger partial charge in [-0.1, -0.05) is 0 Å². The number of hydrogen-bond donors (Lipinski definition) is 0. The Labute approximate surface area is 136 Å². The summed E-state index contributed by atoms with van der Waals surface area (Å²) in [6.07, 6.45) is -4.53. The maximum absolute atomic E-state index is 12.6. The fourth-order valence-electron chi connectivity index (χ4n) is 1.72. The van der Waals surface area contributed by atoms with E-state index >= 15 is 0 Å². The number of rotatable bonds is 3. The molecular formula is C14H22F6O4. The molecule has 0 aromatic rings. The van der Waals surface area contributed by atoms with Crippen LogP contribution in [0.25, 0.3) is 0 Å². The number of hydrogen-bond acceptors (Lipinski definition) is 4. The average Bonchev–Trinajstić information content (AvgIpc) is 2.97. The van der Waals surface area contributed by atoms with Crippen molar-refractivity contribution in [2.75, 3.05) is 26.4 Å². The summed E-state index contributed by atoms with van der Waals surface area (Å²) in [7, 11) is 0. The zero-order chi connectivity index (χ0) is 19.0. The third-order valence-corrected chi connectivity index (χ3v) is 3.06. The van der Waals surface area contributed by atoms with E-state index in [1.807, 2.05) is 0 Å². The maximum Gasteiger partial charge on any atom is 0.297 e. The molecule has 0 unspecified atom stereocenters. The molecular weight excluding hydrogens is 346 g/mol. The first-order valence-electron chi connectivity index (χ1n) is 7.03. The van der Waals surface area contributed by atoms with Gasteiger partial charge in [0.1, 0.15) is 0 Å². The number of halogens is 6. The summed E-state index contributed by atoms with van der Waals surface area (Å²) in [6, 6.07) is 0. The molecule has 0 spiro atoms. The zero-order valence-corrected chi connectivity index (χ0v) is 13.7. The van der Waals surface area contributed by atoms with Gasteiger partial charge in [0.15, 0.2) is 5.79 Å². The van der Waals surface area contributed by atoms with Crippen molar-refractivity contribution in [3.8, 4) is 0 Å². The van der Waals surface area contributed by atoms with Crippen LogP contribution in [0.5, 0.6) is 0 Å². The van der Waals surface area contributed by atoms with Gasteiger partial charge < -0.3 is 18.9 Å². The standard InChI is InChI=1S/2C6H10F2O2.C2H2F2/c1-5(7,8)6(2)9-3-4-10-6;1-6(4-5(7)8)9-2-3-10-6;1-2(3)4/h3-4H2,1-2H3;5H,2-4H2,1H3;1H2. The van der Waals surface area contributed by atoms with Crippen molar-refractivity contribution in [3.05, 3.63) is 12.7 Å². The summed E-state index contributed by atoms with van der Waals surface area (Å²) >= 11 is 0. The molecule has 0 N–H and O–H groups in total. The largest absolute Gasteiger partial charge is 0.348 e. The van der Waals surface area contributed by atoms with Crippen molar-refractivity contribution >= 4 is 0 Å². The molecule has 0 atom stereocenters. The van der Waals surface area contributed by atoms with Gasteiger partial charge in [-0.05, 0) is 20.4 Å². The molecule has 0 radical (unpaired) electrons. The molecule has 144 valence electrons. The molecule has 0 saturated carbocycles. The Hall–Kier alpha value is -0.840. The average molecular weight is 368 g/mol. The molecule has 2 rings (SSSR count). The van der Waals surface area contributed by atoms with Crippen molar-refractivity contribution in [1.82, 2.24) is 0 Å². The van der Waals surface area contributed by atoms with E-state index in [0.29, 0.717) is 13.2 Å². The minimum atomic E-state index is -2.93. The number of ether oxygens (including phenoxy) is 4. The van der Waals surface area contributed by atoms with Crippen LogP contribution in [0.4, 0.5) is 26.3 Å². The summed E-state index contributed by atoms with van der Waals surface area (Å²) in [4.78, 5) is 0. The molecule has 0 bridgehead atoms. The van der Waals surface area contributed by atoms with Gasteiger partial charge in [0, 0.05) is 6.92 Å². The second-order valence-electron chi connectivity index (χ2n) is 5.30. The van der Waals surface area contributed by atoms with E-state index in [2.05, 4.69) is 6.58 Å². The molecule has 2 aliphatic heterocycles. The monoisotopic (exact) mass is 368 g/mol. The molecule has 10 heteroatoms. The number of alkyl halides is 4. The van der Waals surface area contributed by atoms with E-state index in [1.165, 1.54) is 13.8 Å². The lowest BCUT2D eigenvalue weighted by atomic mass is 10.2. The van der Waals surface area contributed by atoms with E-state index in [-0.39, 0.29) is 19.6 Å². The van der Waals surface area contributed by atoms with E-state index in [1.54, 1.807) is 0 Å². The molecule has 0 aromatic heterocycles. The lowest BCUT2D eigenvalue weighted by Crippen LogP contribution is -2.44. The molecule has 24 heavy (non-hydrogen) atoms. The van der Waals surface area contributed by atoms with E-state index in [0.717, 1.165) is 6.92 Å². The lowest BCUT2D eigenvalue weighted by molar-refractivity contribution is -0.271. The van der Waals surface area contributed by atoms with Gasteiger partial charge in [-0.2, -0.15) is 8.78 Å². The Bertz CT molecular complexity index is 370. The first kappa shape index (κ1) is 23.2. The molecule has 0 amide bonds. The van der Waals surface area contributed by atoms with Crippen LogP contribution in [0.15, 0.2) is 12.7 Å². The molecule has 2 fully saturated rings. The van der Waals surface area contributed by atoms with Gasteiger partial charge in [0.2, 0.25) is 12.2 Å². The Kier molecular flexibility index (Phi) is 9.26. The van der Waals surface area contributed by atoms with Crippen LogP contribution < -0.4 is 0 Å². The van der Waals surface area contributed by atoms with E-state index in [9.17, 15) is 26.3 Å². The molecule has 0 aromatic carbocycles. The van der Waals surface area contributed by atoms with Gasteiger partial charge in [-0.3, -0.25) is 0 Å². The van der Waals surface area contributed by atoms with Crippen LogP contribution in [0, 0.1) is 0 Å². The van der Waals surface area contributed by atoms with Gasteiger partial charge in [-0.25, -0.2) is 17.6 Å². The Morgan fingerprint density at radius 3 is 1.58 bits per heavy atom. The third-order valence-electron chi connectivity index (χ3n) is 3.06. The smallest absolute Gasteiger partial charge is 0.297 e. The van der Waals surface area contributed by atoms with E-state index in [4.69, 9.17) is 18.9 Å². The maximum atomic E-state index is 12.6. The molecule has 2 heterocycles. The fourth-order valence-corrected chi connectivity index (χ4v) is 1.72. The fraction of sp³-hybridized carbons (Fsp3) is 0.857. The van der Waals surface area contributed by atoms with Crippen LogP contribution in [0.2, 0.25) is 0 Å². The van der Waals surface area contributed by atoms with Crippen LogP contribution in [0.3, 0.4) is 0 Å². The summed E-state index contributed by atoms with van der Waals surface area (Å²) < 4.78 is 88.3. The van der Waals surface area contributed by atoms with E-state index < -0.39 is 30.0 Å². The summed E-state index contributed by atoms with van der Waals surface area (Å²) in [6.45, 7) is 7.14. The Morgan fingerprint density at radius 2 is 1.33 bits per heavy atom. The van der Waals surface area contributed by atoms with Crippen molar-refractivity contribution in [1.29, 1.82) is 0 Å². The molecule has 2 saturated heterocycles. The second kappa shape index (κ2) is 9.59. The van der Waals surface area contributed by atoms with Crippen LogP contribution >= 0.6 is 0 Å². The minimum Gasteiger partial charge on any atom is -0.348 e. The highest BCUT2D eigenvalue weighted by atomic mass is 19.3. The third kappa shape index (κ3) is 8.86. The van der Waals surface area contributed by atoms with Crippen LogP contribution in [-0.4, -0.2) is 50.3 Å². The minimum absolute atomic E-state index is 0.250. The van der Waals surface area contributed by atoms with Gasteiger partial charge in [0.25, 0.3) is 12.0 Å². The second-order valence-corrected chi connectivity index (χ2v) is 5.30. The topological polar surface area (TPSA) is 36.9 Å². The first-order valence-corrected chi connectivity index (χ1v) is 7.03. The normalized spacial score (nSPS) is 21.6. The summed E-state index contributed by atoms with van der Waals surface area (Å²) in [5.41, 5.74) is 0. The van der Waals surface area contributed by atoms with Crippen molar-refractivity contribution in [2.24, 2.45) is 0 Å². The predicted molar refractivity (Wildman–Crippen MR) is 73.2 cm³/mol. The lowest BCUT2D eigenvalue weighted by Gasteiger charge is -2.28. The zero-order valence-electron chi connectivity index (χ0n) is 13.7. The van der Waals surface area contributed by atoms with Gasteiger partial charge in [0.05, 0.1) is 32.8 Å². The van der Waals surface area contributed by atoms with Crippen molar-refractivity contribution < 1.29 is 45.3 Å². The Balaban J connectivity index is 0.000000363. The highest BCUT2D eigenvalue weighted by molar-refractivity contribution is 4.81. The molecule has 0 aliphatic carbocycles.